The van der Waals surface area contributed by atoms with Gasteiger partial charge in [0.15, 0.2) is 6.10 Å². The maximum Gasteiger partial charge on any atom is 0.306 e. The summed E-state index contributed by atoms with van der Waals surface area (Å²) in [6.45, 7) is 6.59. The molecule has 79 heavy (non-hydrogen) atoms. The van der Waals surface area contributed by atoms with Gasteiger partial charge in [-0.05, 0) is 51.4 Å². The van der Waals surface area contributed by atoms with Gasteiger partial charge in [-0.3, -0.25) is 14.4 Å². The van der Waals surface area contributed by atoms with Crippen LogP contribution < -0.4 is 0 Å². The first kappa shape index (κ1) is 76.6. The van der Waals surface area contributed by atoms with E-state index in [2.05, 4.69) is 57.2 Å². The fourth-order valence-electron chi connectivity index (χ4n) is 10.9. The molecule has 464 valence electrons. The molecule has 0 aliphatic heterocycles. The van der Waals surface area contributed by atoms with Gasteiger partial charge in [-0.1, -0.05) is 359 Å². The van der Waals surface area contributed by atoms with Crippen LogP contribution in [0.2, 0.25) is 0 Å². The number of unbranched alkanes of at least 4 members (excludes halogenated alkanes) is 49. The third-order valence-corrected chi connectivity index (χ3v) is 16.2. The minimum absolute atomic E-state index is 0.0738. The van der Waals surface area contributed by atoms with Crippen molar-refractivity contribution in [1.29, 1.82) is 0 Å². The summed E-state index contributed by atoms with van der Waals surface area (Å²) in [4.78, 5) is 38.4. The number of hydrogen-bond donors (Lipinski definition) is 0. The molecule has 0 aromatic carbocycles. The van der Waals surface area contributed by atoms with E-state index in [1.807, 2.05) is 0 Å². The molecule has 0 aromatic rings. The van der Waals surface area contributed by atoms with Gasteiger partial charge in [0, 0.05) is 19.3 Å². The van der Waals surface area contributed by atoms with Crippen molar-refractivity contribution in [2.24, 2.45) is 0 Å². The van der Waals surface area contributed by atoms with E-state index in [1.54, 1.807) is 0 Å². The highest BCUT2D eigenvalue weighted by molar-refractivity contribution is 5.71. The van der Waals surface area contributed by atoms with E-state index in [1.165, 1.54) is 257 Å². The summed E-state index contributed by atoms with van der Waals surface area (Å²) >= 11 is 0. The third-order valence-electron chi connectivity index (χ3n) is 16.2. The summed E-state index contributed by atoms with van der Waals surface area (Å²) in [5.74, 6) is -0.863. The number of ether oxygens (including phenoxy) is 3. The van der Waals surface area contributed by atoms with Crippen molar-refractivity contribution < 1.29 is 28.6 Å². The van der Waals surface area contributed by atoms with Crippen molar-refractivity contribution in [2.75, 3.05) is 13.2 Å². The molecular weight excluding hydrogens is 973 g/mol. The first-order valence-corrected chi connectivity index (χ1v) is 35.5. The predicted molar refractivity (Wildman–Crippen MR) is 344 cm³/mol. The molecule has 0 amide bonds. The van der Waals surface area contributed by atoms with Crippen molar-refractivity contribution in [3.05, 3.63) is 36.5 Å². The number of allylic oxidation sites excluding steroid dienone is 6. The number of carbonyl (C=O) groups is 3. The van der Waals surface area contributed by atoms with E-state index >= 15 is 0 Å². The molecule has 1 unspecified atom stereocenters. The van der Waals surface area contributed by atoms with E-state index in [0.717, 1.165) is 96.3 Å². The standard InChI is InChI=1S/C73H136O6/c1-4-7-10-13-16-19-22-25-28-29-30-31-32-33-34-35-36-37-38-39-40-41-42-43-46-48-51-54-57-60-63-66-72(75)78-69-70(79-73(76)67-64-61-58-55-52-49-45-27-24-21-18-15-12-9-6-3)68-77-71(74)65-62-59-56-53-50-47-44-26-23-20-17-14-11-8-5-2/h9,12,18,21,27,45,70H,4-8,10-11,13-17,19-20,22-26,28-44,46-69H2,1-3H3/b12-9-,21-18-,45-27-. The highest BCUT2D eigenvalue weighted by Gasteiger charge is 2.19. The number of rotatable bonds is 66. The Bertz CT molecular complexity index is 1320. The van der Waals surface area contributed by atoms with E-state index in [-0.39, 0.29) is 31.1 Å². The van der Waals surface area contributed by atoms with Crippen LogP contribution in [-0.2, 0) is 28.6 Å². The molecule has 1 atom stereocenters. The topological polar surface area (TPSA) is 78.9 Å². The first-order valence-electron chi connectivity index (χ1n) is 35.5. The fourth-order valence-corrected chi connectivity index (χ4v) is 10.9. The Morgan fingerprint density at radius 1 is 0.266 bits per heavy atom. The number of hydrogen-bond acceptors (Lipinski definition) is 6. The fraction of sp³-hybridized carbons (Fsp3) is 0.877. The molecule has 0 bridgehead atoms. The zero-order chi connectivity index (χ0) is 57.1. The summed E-state index contributed by atoms with van der Waals surface area (Å²) in [6, 6.07) is 0. The minimum Gasteiger partial charge on any atom is -0.462 e. The lowest BCUT2D eigenvalue weighted by Gasteiger charge is -2.18. The van der Waals surface area contributed by atoms with Crippen LogP contribution in [0.1, 0.15) is 393 Å². The second kappa shape index (κ2) is 68.1. The van der Waals surface area contributed by atoms with Crippen LogP contribution in [-0.4, -0.2) is 37.2 Å². The molecule has 0 saturated carbocycles. The molecule has 0 aliphatic carbocycles. The average molecular weight is 1110 g/mol. The maximum atomic E-state index is 12.9. The largest absolute Gasteiger partial charge is 0.462 e. The molecular formula is C73H136O6. The van der Waals surface area contributed by atoms with Gasteiger partial charge in [-0.15, -0.1) is 0 Å². The van der Waals surface area contributed by atoms with Crippen molar-refractivity contribution in [3.8, 4) is 0 Å². The van der Waals surface area contributed by atoms with Crippen molar-refractivity contribution in [3.63, 3.8) is 0 Å². The van der Waals surface area contributed by atoms with Crippen molar-refractivity contribution >= 4 is 17.9 Å². The van der Waals surface area contributed by atoms with E-state index in [4.69, 9.17) is 14.2 Å². The van der Waals surface area contributed by atoms with Crippen LogP contribution in [0.25, 0.3) is 0 Å². The van der Waals surface area contributed by atoms with Gasteiger partial charge in [-0.2, -0.15) is 0 Å². The average Bonchev–Trinajstić information content (AvgIpc) is 3.45. The van der Waals surface area contributed by atoms with Crippen molar-refractivity contribution in [2.45, 2.75) is 399 Å². The normalized spacial score (nSPS) is 12.2. The monoisotopic (exact) mass is 1110 g/mol. The molecule has 0 aromatic heterocycles. The Balaban J connectivity index is 4.13. The molecule has 0 rings (SSSR count). The highest BCUT2D eigenvalue weighted by Crippen LogP contribution is 2.19. The zero-order valence-corrected chi connectivity index (χ0v) is 53.4. The number of esters is 3. The molecule has 0 saturated heterocycles. The van der Waals surface area contributed by atoms with Gasteiger partial charge in [-0.25, -0.2) is 0 Å². The molecule has 0 N–H and O–H groups in total. The SMILES string of the molecule is CC/C=C\C/C=C\C/C=C\CCCCCCCC(=O)OC(COC(=O)CCCCCCCCCCCCCCCCC)COC(=O)CCCCCCCCCCCCCCCCCCCCCCCCCCCCCCCCC. The van der Waals surface area contributed by atoms with E-state index in [0.29, 0.717) is 19.3 Å². The van der Waals surface area contributed by atoms with Crippen LogP contribution in [0.3, 0.4) is 0 Å². The molecule has 6 nitrogen and oxygen atoms in total. The molecule has 6 heteroatoms. The Morgan fingerprint density at radius 2 is 0.494 bits per heavy atom. The van der Waals surface area contributed by atoms with E-state index in [9.17, 15) is 14.4 Å². The molecule has 0 spiro atoms. The first-order chi connectivity index (χ1) is 39.0. The zero-order valence-electron chi connectivity index (χ0n) is 53.4. The summed E-state index contributed by atoms with van der Waals surface area (Å²) in [7, 11) is 0. The van der Waals surface area contributed by atoms with Gasteiger partial charge in [0.05, 0.1) is 0 Å². The second-order valence-electron chi connectivity index (χ2n) is 24.1. The van der Waals surface area contributed by atoms with Crippen LogP contribution in [0.4, 0.5) is 0 Å². The van der Waals surface area contributed by atoms with Gasteiger partial charge in [0.1, 0.15) is 13.2 Å². The summed E-state index contributed by atoms with van der Waals surface area (Å²) in [5.41, 5.74) is 0. The Hall–Kier alpha value is -2.37. The minimum atomic E-state index is -0.779. The van der Waals surface area contributed by atoms with Crippen LogP contribution in [0.5, 0.6) is 0 Å². The highest BCUT2D eigenvalue weighted by atomic mass is 16.6. The smallest absolute Gasteiger partial charge is 0.306 e. The van der Waals surface area contributed by atoms with Crippen molar-refractivity contribution in [1.82, 2.24) is 0 Å². The predicted octanol–water partition coefficient (Wildman–Crippen LogP) is 24.3. The van der Waals surface area contributed by atoms with Gasteiger partial charge < -0.3 is 14.2 Å². The van der Waals surface area contributed by atoms with Gasteiger partial charge in [0.25, 0.3) is 0 Å². The Kier molecular flexibility index (Phi) is 66.1. The Morgan fingerprint density at radius 3 is 0.772 bits per heavy atom. The lowest BCUT2D eigenvalue weighted by molar-refractivity contribution is -0.167. The summed E-state index contributed by atoms with van der Waals surface area (Å²) in [5, 5.41) is 0. The maximum absolute atomic E-state index is 12.9. The summed E-state index contributed by atoms with van der Waals surface area (Å²) < 4.78 is 17.0. The lowest BCUT2D eigenvalue weighted by atomic mass is 10.0. The lowest BCUT2D eigenvalue weighted by Crippen LogP contribution is -2.30. The van der Waals surface area contributed by atoms with Crippen LogP contribution in [0.15, 0.2) is 36.5 Å². The van der Waals surface area contributed by atoms with Gasteiger partial charge in [0.2, 0.25) is 0 Å². The molecule has 0 radical (unpaired) electrons. The number of carbonyl (C=O) groups excluding carboxylic acids is 3. The second-order valence-corrected chi connectivity index (χ2v) is 24.1. The molecule has 0 aliphatic rings. The van der Waals surface area contributed by atoms with E-state index < -0.39 is 6.10 Å². The van der Waals surface area contributed by atoms with Crippen LogP contribution >= 0.6 is 0 Å². The molecule has 0 heterocycles. The van der Waals surface area contributed by atoms with Gasteiger partial charge >= 0.3 is 17.9 Å². The quantitative estimate of drug-likeness (QED) is 0.0261. The summed E-state index contributed by atoms with van der Waals surface area (Å²) in [6.07, 6.45) is 84.8. The third kappa shape index (κ3) is 66.3. The Labute approximate surface area is 493 Å². The van der Waals surface area contributed by atoms with Crippen LogP contribution in [0, 0.1) is 0 Å². The molecule has 0 fully saturated rings.